The lowest BCUT2D eigenvalue weighted by atomic mass is 10.3. The number of rotatable bonds is 5. The van der Waals surface area contributed by atoms with Crippen LogP contribution in [-0.2, 0) is 6.54 Å². The minimum Gasteiger partial charge on any atom is -0.311 e. The summed E-state index contributed by atoms with van der Waals surface area (Å²) in [5, 5.41) is 6.46. The lowest BCUT2D eigenvalue weighted by Gasteiger charge is -1.98. The van der Waals surface area contributed by atoms with Gasteiger partial charge in [0.2, 0.25) is 0 Å². The molecule has 0 spiro atoms. The van der Waals surface area contributed by atoms with Crippen LogP contribution < -0.4 is 5.32 Å². The monoisotopic (exact) mass is 311 g/mol. The van der Waals surface area contributed by atoms with Crippen molar-refractivity contribution < 1.29 is 0 Å². The summed E-state index contributed by atoms with van der Waals surface area (Å²) in [6.07, 6.45) is 4.76. The first-order chi connectivity index (χ1) is 8.29. The van der Waals surface area contributed by atoms with Crippen LogP contribution in [0.15, 0.2) is 28.3 Å². The van der Waals surface area contributed by atoms with E-state index in [4.69, 9.17) is 0 Å². The Hall–Kier alpha value is -0.780. The number of thiazole rings is 1. The molecule has 3 nitrogen and oxygen atoms in total. The molecule has 0 aliphatic rings. The summed E-state index contributed by atoms with van der Waals surface area (Å²) in [7, 11) is 0. The number of pyridine rings is 1. The van der Waals surface area contributed by atoms with Crippen LogP contribution >= 0.6 is 27.3 Å². The molecule has 0 aliphatic heterocycles. The average molecular weight is 312 g/mol. The molecule has 0 aromatic carbocycles. The predicted octanol–water partition coefficient (Wildman–Crippen LogP) is 3.47. The minimum atomic E-state index is 0.839. The summed E-state index contributed by atoms with van der Waals surface area (Å²) in [5.41, 5.74) is 2.16. The fraction of sp³-hybridized carbons (Fsp3) is 0.333. The van der Waals surface area contributed by atoms with Crippen molar-refractivity contribution in [2.45, 2.75) is 19.9 Å². The Bertz CT molecular complexity index is 484. The molecule has 2 heterocycles. The topological polar surface area (TPSA) is 37.8 Å². The van der Waals surface area contributed by atoms with Crippen molar-refractivity contribution in [2.75, 3.05) is 6.54 Å². The van der Waals surface area contributed by atoms with Gasteiger partial charge in [-0.1, -0.05) is 6.92 Å². The summed E-state index contributed by atoms with van der Waals surface area (Å²) in [6, 6.07) is 2.04. The maximum absolute atomic E-state index is 4.59. The van der Waals surface area contributed by atoms with E-state index in [1.807, 2.05) is 12.3 Å². The lowest BCUT2D eigenvalue weighted by molar-refractivity contribution is 0.667. The molecule has 1 N–H and O–H groups in total. The second kappa shape index (κ2) is 6.23. The maximum atomic E-state index is 4.59. The van der Waals surface area contributed by atoms with Crippen LogP contribution in [0.25, 0.3) is 10.6 Å². The summed E-state index contributed by atoms with van der Waals surface area (Å²) in [4.78, 5) is 8.74. The molecule has 5 heteroatoms. The highest BCUT2D eigenvalue weighted by molar-refractivity contribution is 9.10. The quantitative estimate of drug-likeness (QED) is 0.859. The van der Waals surface area contributed by atoms with Gasteiger partial charge >= 0.3 is 0 Å². The second-order valence-electron chi connectivity index (χ2n) is 3.71. The molecule has 2 aromatic heterocycles. The molecule has 0 radical (unpaired) electrons. The Labute approximate surface area is 113 Å². The molecular weight excluding hydrogens is 298 g/mol. The number of hydrogen-bond donors (Lipinski definition) is 1. The third-order valence-corrected chi connectivity index (χ3v) is 3.61. The van der Waals surface area contributed by atoms with Crippen LogP contribution in [0.1, 0.15) is 19.0 Å². The number of nitrogens with zero attached hydrogens (tertiary/aromatic N) is 2. The van der Waals surface area contributed by atoms with Crippen molar-refractivity contribution in [3.8, 4) is 10.6 Å². The van der Waals surface area contributed by atoms with Crippen LogP contribution in [0.3, 0.4) is 0 Å². The average Bonchev–Trinajstić information content (AvgIpc) is 2.78. The smallest absolute Gasteiger partial charge is 0.125 e. The lowest BCUT2D eigenvalue weighted by Crippen LogP contribution is -2.13. The van der Waals surface area contributed by atoms with Crippen molar-refractivity contribution in [1.29, 1.82) is 0 Å². The van der Waals surface area contributed by atoms with Gasteiger partial charge in [0.15, 0.2) is 0 Å². The summed E-state index contributed by atoms with van der Waals surface area (Å²) in [6.45, 7) is 4.03. The van der Waals surface area contributed by atoms with Gasteiger partial charge in [-0.15, -0.1) is 11.3 Å². The second-order valence-corrected chi connectivity index (χ2v) is 5.49. The highest BCUT2D eigenvalue weighted by Gasteiger charge is 2.05. The van der Waals surface area contributed by atoms with Crippen molar-refractivity contribution in [3.05, 3.63) is 34.0 Å². The highest BCUT2D eigenvalue weighted by Crippen LogP contribution is 2.25. The van der Waals surface area contributed by atoms with Gasteiger partial charge in [0, 0.05) is 34.4 Å². The van der Waals surface area contributed by atoms with Gasteiger partial charge in [-0.05, 0) is 35.0 Å². The Morgan fingerprint density at radius 1 is 1.41 bits per heavy atom. The maximum Gasteiger partial charge on any atom is 0.125 e. The molecule has 2 aromatic rings. The molecule has 0 saturated carbocycles. The van der Waals surface area contributed by atoms with Gasteiger partial charge in [0.05, 0.1) is 5.69 Å². The van der Waals surface area contributed by atoms with Crippen molar-refractivity contribution in [2.24, 2.45) is 0 Å². The van der Waals surface area contributed by atoms with Crippen LogP contribution in [0, 0.1) is 0 Å². The van der Waals surface area contributed by atoms with Crippen molar-refractivity contribution in [1.82, 2.24) is 15.3 Å². The molecule has 0 saturated heterocycles. The van der Waals surface area contributed by atoms with E-state index in [1.54, 1.807) is 17.5 Å². The van der Waals surface area contributed by atoms with Gasteiger partial charge in [-0.3, -0.25) is 4.98 Å². The van der Waals surface area contributed by atoms with Gasteiger partial charge in [0.1, 0.15) is 5.01 Å². The zero-order valence-electron chi connectivity index (χ0n) is 9.61. The van der Waals surface area contributed by atoms with E-state index in [0.29, 0.717) is 0 Å². The molecule has 0 amide bonds. The van der Waals surface area contributed by atoms with Gasteiger partial charge in [-0.2, -0.15) is 0 Å². The SMILES string of the molecule is CCCNCc1csc(-c2cncc(Br)c2)n1. The molecule has 0 bridgehead atoms. The molecule has 0 atom stereocenters. The van der Waals surface area contributed by atoms with Crippen LogP contribution in [0.4, 0.5) is 0 Å². The van der Waals surface area contributed by atoms with E-state index in [0.717, 1.165) is 40.2 Å². The number of halogens is 1. The van der Waals surface area contributed by atoms with Crippen molar-refractivity contribution >= 4 is 27.3 Å². The zero-order chi connectivity index (χ0) is 12.1. The first-order valence-corrected chi connectivity index (χ1v) is 7.23. The van der Waals surface area contributed by atoms with E-state index in [9.17, 15) is 0 Å². The number of aromatic nitrogens is 2. The largest absolute Gasteiger partial charge is 0.311 e. The Kier molecular flexibility index (Phi) is 4.65. The Balaban J connectivity index is 2.07. The first kappa shape index (κ1) is 12.7. The van der Waals surface area contributed by atoms with Crippen molar-refractivity contribution in [3.63, 3.8) is 0 Å². The molecule has 0 aliphatic carbocycles. The third kappa shape index (κ3) is 3.59. The fourth-order valence-corrected chi connectivity index (χ4v) is 2.61. The van der Waals surface area contributed by atoms with Crippen LogP contribution in [0.5, 0.6) is 0 Å². The normalized spacial score (nSPS) is 10.7. The van der Waals surface area contributed by atoms with Gasteiger partial charge in [-0.25, -0.2) is 4.98 Å². The third-order valence-electron chi connectivity index (χ3n) is 2.24. The van der Waals surface area contributed by atoms with Crippen LogP contribution in [0.2, 0.25) is 0 Å². The van der Waals surface area contributed by atoms with Crippen LogP contribution in [-0.4, -0.2) is 16.5 Å². The fourth-order valence-electron chi connectivity index (χ4n) is 1.44. The predicted molar refractivity (Wildman–Crippen MR) is 75.0 cm³/mol. The number of nitrogens with one attached hydrogen (secondary N) is 1. The molecule has 0 fully saturated rings. The first-order valence-electron chi connectivity index (χ1n) is 5.55. The van der Waals surface area contributed by atoms with E-state index >= 15 is 0 Å². The summed E-state index contributed by atoms with van der Waals surface area (Å²) >= 11 is 5.08. The molecule has 90 valence electrons. The Morgan fingerprint density at radius 2 is 2.29 bits per heavy atom. The van der Waals surface area contributed by atoms with E-state index in [-0.39, 0.29) is 0 Å². The molecular formula is C12H14BrN3S. The molecule has 0 unspecified atom stereocenters. The minimum absolute atomic E-state index is 0.839. The van der Waals surface area contributed by atoms with Gasteiger partial charge < -0.3 is 5.32 Å². The highest BCUT2D eigenvalue weighted by atomic mass is 79.9. The summed E-state index contributed by atoms with van der Waals surface area (Å²) in [5.74, 6) is 0. The zero-order valence-corrected chi connectivity index (χ0v) is 12.0. The Morgan fingerprint density at radius 3 is 3.06 bits per heavy atom. The molecule has 2 rings (SSSR count). The van der Waals surface area contributed by atoms with E-state index in [2.05, 4.69) is 43.5 Å². The van der Waals surface area contributed by atoms with E-state index in [1.165, 1.54) is 0 Å². The van der Waals surface area contributed by atoms with E-state index < -0.39 is 0 Å². The number of hydrogen-bond acceptors (Lipinski definition) is 4. The molecule has 17 heavy (non-hydrogen) atoms. The summed E-state index contributed by atoms with van der Waals surface area (Å²) < 4.78 is 0.982. The standard InChI is InChI=1S/C12H14BrN3S/c1-2-3-14-7-11-8-17-12(16-11)9-4-10(13)6-15-5-9/h4-6,8,14H,2-3,7H2,1H3. The van der Waals surface area contributed by atoms with Gasteiger partial charge in [0.25, 0.3) is 0 Å².